The third kappa shape index (κ3) is 10.9. The van der Waals surface area contributed by atoms with E-state index < -0.39 is 23.9 Å². The fraction of sp³-hybridized carbons (Fsp3) is 0.786. The highest BCUT2D eigenvalue weighted by Crippen LogP contribution is 1.97. The summed E-state index contributed by atoms with van der Waals surface area (Å²) in [7, 11) is 1.76. The highest BCUT2D eigenvalue weighted by atomic mass is 16.2. The van der Waals surface area contributed by atoms with Gasteiger partial charge in [-0.3, -0.25) is 9.59 Å². The average molecular weight is 315 g/mol. The number of urea groups is 1. The van der Waals surface area contributed by atoms with E-state index in [0.29, 0.717) is 19.6 Å². The predicted molar refractivity (Wildman–Crippen MR) is 85.2 cm³/mol. The van der Waals surface area contributed by atoms with Gasteiger partial charge >= 0.3 is 6.03 Å². The molecule has 22 heavy (non-hydrogen) atoms. The maximum Gasteiger partial charge on any atom is 0.315 e. The Balaban J connectivity index is 4.18. The second-order valence-corrected chi connectivity index (χ2v) is 5.08. The largest absolute Gasteiger partial charge is 0.370 e. The molecule has 1 atom stereocenters. The van der Waals surface area contributed by atoms with Gasteiger partial charge in [0.05, 0.1) is 6.42 Å². The van der Waals surface area contributed by atoms with E-state index in [-0.39, 0.29) is 6.42 Å². The maximum atomic E-state index is 11.9. The Bertz CT molecular complexity index is 349. The van der Waals surface area contributed by atoms with Crippen molar-refractivity contribution in [2.24, 2.45) is 5.73 Å². The van der Waals surface area contributed by atoms with Crippen molar-refractivity contribution in [3.63, 3.8) is 0 Å². The van der Waals surface area contributed by atoms with E-state index in [0.717, 1.165) is 25.7 Å². The number of likely N-dealkylation sites (N-methyl/N-ethyl adjacent to an activating group) is 1. The third-order valence-electron chi connectivity index (χ3n) is 3.02. The highest BCUT2D eigenvalue weighted by Gasteiger charge is 2.22. The van der Waals surface area contributed by atoms with Crippen LogP contribution in [0.1, 0.15) is 39.0 Å². The molecule has 0 aliphatic heterocycles. The summed E-state index contributed by atoms with van der Waals surface area (Å²) in [6.45, 7) is 3.65. The zero-order valence-electron chi connectivity index (χ0n) is 13.5. The van der Waals surface area contributed by atoms with Crippen molar-refractivity contribution in [2.45, 2.75) is 45.1 Å². The van der Waals surface area contributed by atoms with Gasteiger partial charge in [-0.1, -0.05) is 26.2 Å². The second kappa shape index (κ2) is 12.9. The number of carbonyl (C=O) groups is 3. The molecule has 6 N–H and O–H groups in total. The molecule has 0 aromatic rings. The summed E-state index contributed by atoms with van der Waals surface area (Å²) in [6, 6.07) is -1.42. The number of primary amides is 1. The van der Waals surface area contributed by atoms with Gasteiger partial charge in [-0.15, -0.1) is 0 Å². The number of nitrogens with two attached hydrogens (primary N) is 1. The molecule has 0 aliphatic carbocycles. The highest BCUT2D eigenvalue weighted by molar-refractivity contribution is 5.91. The molecular weight excluding hydrogens is 286 g/mol. The van der Waals surface area contributed by atoms with E-state index in [9.17, 15) is 14.4 Å². The lowest BCUT2D eigenvalue weighted by Gasteiger charge is -2.17. The Labute approximate surface area is 132 Å². The summed E-state index contributed by atoms with van der Waals surface area (Å²) in [5, 5.41) is 10.7. The molecule has 4 amide bonds. The van der Waals surface area contributed by atoms with Crippen LogP contribution in [-0.2, 0) is 9.59 Å². The Morgan fingerprint density at radius 2 is 1.73 bits per heavy atom. The number of hydrogen-bond donors (Lipinski definition) is 5. The van der Waals surface area contributed by atoms with Crippen molar-refractivity contribution in [1.82, 2.24) is 21.3 Å². The first-order valence-corrected chi connectivity index (χ1v) is 7.76. The third-order valence-corrected chi connectivity index (χ3v) is 3.02. The first-order valence-electron chi connectivity index (χ1n) is 7.76. The van der Waals surface area contributed by atoms with Crippen LogP contribution in [0.3, 0.4) is 0 Å². The van der Waals surface area contributed by atoms with Crippen molar-refractivity contribution >= 4 is 17.8 Å². The molecule has 0 aromatic carbocycles. The molecule has 0 aromatic heterocycles. The Hall–Kier alpha value is -1.83. The van der Waals surface area contributed by atoms with Crippen molar-refractivity contribution in [1.29, 1.82) is 0 Å². The first kappa shape index (κ1) is 20.2. The summed E-state index contributed by atoms with van der Waals surface area (Å²) in [6.07, 6.45) is 3.96. The van der Waals surface area contributed by atoms with Crippen LogP contribution in [0.4, 0.5) is 4.79 Å². The van der Waals surface area contributed by atoms with Crippen LogP contribution in [0.2, 0.25) is 0 Å². The molecule has 0 heterocycles. The topological polar surface area (TPSA) is 125 Å². The minimum absolute atomic E-state index is 0.228. The predicted octanol–water partition coefficient (Wildman–Crippen LogP) is -0.554. The lowest BCUT2D eigenvalue weighted by Crippen LogP contribution is -2.52. The average Bonchev–Trinajstić information content (AvgIpc) is 2.46. The molecule has 0 saturated carbocycles. The molecule has 128 valence electrons. The van der Waals surface area contributed by atoms with Crippen LogP contribution in [0.15, 0.2) is 0 Å². The van der Waals surface area contributed by atoms with Gasteiger partial charge in [0.25, 0.3) is 0 Å². The van der Waals surface area contributed by atoms with Crippen LogP contribution in [-0.4, -0.2) is 50.6 Å². The van der Waals surface area contributed by atoms with Gasteiger partial charge in [0.1, 0.15) is 6.04 Å². The minimum Gasteiger partial charge on any atom is -0.370 e. The van der Waals surface area contributed by atoms with E-state index in [2.05, 4.69) is 28.2 Å². The number of unbranched alkanes of at least 4 members (excludes halogenated alkanes) is 3. The molecule has 8 nitrogen and oxygen atoms in total. The van der Waals surface area contributed by atoms with Crippen molar-refractivity contribution in [2.75, 3.05) is 26.7 Å². The minimum atomic E-state index is -0.954. The fourth-order valence-electron chi connectivity index (χ4n) is 1.81. The zero-order valence-corrected chi connectivity index (χ0v) is 13.5. The number of rotatable bonds is 12. The summed E-state index contributed by atoms with van der Waals surface area (Å²) in [5.74, 6) is -1.06. The SMILES string of the molecule is CCCCCCNC(=O)NC(CC(N)=O)C(=O)NCCNC. The molecular formula is C14H29N5O3. The number of nitrogens with one attached hydrogen (secondary N) is 4. The van der Waals surface area contributed by atoms with Gasteiger partial charge in [0.15, 0.2) is 0 Å². The van der Waals surface area contributed by atoms with Gasteiger partial charge in [-0.05, 0) is 13.5 Å². The van der Waals surface area contributed by atoms with Gasteiger partial charge in [-0.25, -0.2) is 4.79 Å². The van der Waals surface area contributed by atoms with Crippen molar-refractivity contribution < 1.29 is 14.4 Å². The molecule has 8 heteroatoms. The van der Waals surface area contributed by atoms with Gasteiger partial charge in [0.2, 0.25) is 11.8 Å². The Morgan fingerprint density at radius 3 is 2.32 bits per heavy atom. The molecule has 0 spiro atoms. The van der Waals surface area contributed by atoms with Crippen LogP contribution < -0.4 is 27.0 Å². The fourth-order valence-corrected chi connectivity index (χ4v) is 1.81. The lowest BCUT2D eigenvalue weighted by atomic mass is 10.2. The summed E-state index contributed by atoms with van der Waals surface area (Å²) >= 11 is 0. The van der Waals surface area contributed by atoms with E-state index >= 15 is 0 Å². The Morgan fingerprint density at radius 1 is 1.00 bits per heavy atom. The number of hydrogen-bond acceptors (Lipinski definition) is 4. The monoisotopic (exact) mass is 315 g/mol. The number of amides is 4. The smallest absolute Gasteiger partial charge is 0.315 e. The molecule has 0 fully saturated rings. The zero-order chi connectivity index (χ0) is 16.8. The second-order valence-electron chi connectivity index (χ2n) is 5.08. The van der Waals surface area contributed by atoms with Gasteiger partial charge < -0.3 is 27.0 Å². The summed E-state index contributed by atoms with van der Waals surface area (Å²) in [5.41, 5.74) is 5.11. The van der Waals surface area contributed by atoms with Crippen molar-refractivity contribution in [3.8, 4) is 0 Å². The summed E-state index contributed by atoms with van der Waals surface area (Å²) in [4.78, 5) is 34.7. The molecule has 0 bridgehead atoms. The summed E-state index contributed by atoms with van der Waals surface area (Å²) < 4.78 is 0. The molecule has 0 radical (unpaired) electrons. The molecule has 0 aliphatic rings. The quantitative estimate of drug-likeness (QED) is 0.310. The van der Waals surface area contributed by atoms with Crippen LogP contribution in [0.25, 0.3) is 0 Å². The molecule has 0 rings (SSSR count). The first-order chi connectivity index (χ1) is 10.5. The van der Waals surface area contributed by atoms with E-state index in [1.165, 1.54) is 0 Å². The van der Waals surface area contributed by atoms with E-state index in [1.807, 2.05) is 0 Å². The van der Waals surface area contributed by atoms with E-state index in [4.69, 9.17) is 5.73 Å². The van der Waals surface area contributed by atoms with Crippen LogP contribution in [0, 0.1) is 0 Å². The van der Waals surface area contributed by atoms with Crippen LogP contribution >= 0.6 is 0 Å². The standard InChI is InChI=1S/C14H29N5O3/c1-3-4-5-6-7-18-14(22)19-11(10-12(15)20)13(21)17-9-8-16-2/h11,16H,3-10H2,1-2H3,(H2,15,20)(H,17,21)(H2,18,19,22). The maximum absolute atomic E-state index is 11.9. The van der Waals surface area contributed by atoms with Crippen molar-refractivity contribution in [3.05, 3.63) is 0 Å². The van der Waals surface area contributed by atoms with Crippen LogP contribution in [0.5, 0.6) is 0 Å². The van der Waals surface area contributed by atoms with E-state index in [1.54, 1.807) is 7.05 Å². The van der Waals surface area contributed by atoms with Gasteiger partial charge in [0, 0.05) is 19.6 Å². The lowest BCUT2D eigenvalue weighted by molar-refractivity contribution is -0.126. The molecule has 1 unspecified atom stereocenters. The Kier molecular flexibility index (Phi) is 11.8. The normalized spacial score (nSPS) is 11.5. The van der Waals surface area contributed by atoms with Gasteiger partial charge in [-0.2, -0.15) is 0 Å². The molecule has 0 saturated heterocycles. The number of carbonyl (C=O) groups excluding carboxylic acids is 3.